The molecule has 31 heavy (non-hydrogen) atoms. The zero-order valence-corrected chi connectivity index (χ0v) is 19.2. The number of thiophene rings is 1. The molecule has 1 fully saturated rings. The normalized spacial score (nSPS) is 18.5. The minimum Gasteiger partial charge on any atom is -0.340 e. The van der Waals surface area contributed by atoms with Crippen molar-refractivity contribution < 1.29 is 18.0 Å². The lowest BCUT2D eigenvalue weighted by atomic mass is 10.1. The number of hydrogen-bond donors (Lipinski definition) is 1. The number of hydrogen-bond acceptors (Lipinski definition) is 5. The average Bonchev–Trinajstić information content (AvgIpc) is 3.37. The first-order valence-electron chi connectivity index (χ1n) is 10.6. The fraction of sp³-hybridized carbons (Fsp3) is 0.455. The second-order valence-electron chi connectivity index (χ2n) is 7.98. The van der Waals surface area contributed by atoms with Gasteiger partial charge in [-0.1, -0.05) is 13.3 Å². The number of carbonyl (C=O) groups excluding carboxylic acids is 2. The van der Waals surface area contributed by atoms with Crippen molar-refractivity contribution in [3.8, 4) is 0 Å². The van der Waals surface area contributed by atoms with Gasteiger partial charge in [0.2, 0.25) is 15.9 Å². The van der Waals surface area contributed by atoms with E-state index in [2.05, 4.69) is 16.8 Å². The van der Waals surface area contributed by atoms with Crippen LogP contribution in [0.4, 0.5) is 5.69 Å². The van der Waals surface area contributed by atoms with Crippen LogP contribution in [0, 0.1) is 0 Å². The monoisotopic (exact) mass is 461 g/mol. The fourth-order valence-electron chi connectivity index (χ4n) is 4.15. The molecule has 2 amide bonds. The van der Waals surface area contributed by atoms with Crippen molar-refractivity contribution in [2.75, 3.05) is 23.1 Å². The SMILES string of the molecule is CCCC(NC(=O)c1ccc(N2CCCS2(=O)=O)cc1)C(=O)N1CCc2sccc2C1. The van der Waals surface area contributed by atoms with Gasteiger partial charge in [-0.05, 0) is 60.5 Å². The molecule has 0 aliphatic carbocycles. The molecule has 9 heteroatoms. The molecular formula is C22H27N3O4S2. The topological polar surface area (TPSA) is 86.8 Å². The third-order valence-electron chi connectivity index (χ3n) is 5.82. The molecule has 0 bridgehead atoms. The maximum Gasteiger partial charge on any atom is 0.251 e. The number of nitrogens with one attached hydrogen (secondary N) is 1. The molecule has 0 radical (unpaired) electrons. The largest absolute Gasteiger partial charge is 0.340 e. The van der Waals surface area contributed by atoms with E-state index < -0.39 is 16.1 Å². The van der Waals surface area contributed by atoms with E-state index in [0.29, 0.717) is 43.7 Å². The Kier molecular flexibility index (Phi) is 6.34. The molecule has 1 saturated heterocycles. The van der Waals surface area contributed by atoms with E-state index in [4.69, 9.17) is 0 Å². The molecule has 0 saturated carbocycles. The first-order valence-corrected chi connectivity index (χ1v) is 13.1. The van der Waals surface area contributed by atoms with E-state index in [1.54, 1.807) is 35.6 Å². The van der Waals surface area contributed by atoms with Gasteiger partial charge in [0.25, 0.3) is 5.91 Å². The van der Waals surface area contributed by atoms with Crippen LogP contribution in [0.1, 0.15) is 47.0 Å². The van der Waals surface area contributed by atoms with Crippen LogP contribution < -0.4 is 9.62 Å². The average molecular weight is 462 g/mol. The van der Waals surface area contributed by atoms with Gasteiger partial charge >= 0.3 is 0 Å². The standard InChI is InChI=1S/C22H27N3O4S2/c1-2-4-19(22(27)24-12-9-20-17(15-24)10-13-30-20)23-21(26)16-5-7-18(8-6-16)25-11-3-14-31(25,28)29/h5-8,10,13,19H,2-4,9,11-12,14-15H2,1H3,(H,23,26). The summed E-state index contributed by atoms with van der Waals surface area (Å²) in [5.74, 6) is -0.220. The van der Waals surface area contributed by atoms with Crippen molar-refractivity contribution in [2.24, 2.45) is 0 Å². The predicted molar refractivity (Wildman–Crippen MR) is 122 cm³/mol. The highest BCUT2D eigenvalue weighted by atomic mass is 32.2. The smallest absolute Gasteiger partial charge is 0.251 e. The van der Waals surface area contributed by atoms with Gasteiger partial charge in [0, 0.05) is 30.1 Å². The van der Waals surface area contributed by atoms with Crippen LogP contribution in [-0.4, -0.2) is 50.0 Å². The predicted octanol–water partition coefficient (Wildman–Crippen LogP) is 2.77. The minimum atomic E-state index is -3.26. The maximum absolute atomic E-state index is 13.1. The second-order valence-corrected chi connectivity index (χ2v) is 11.0. The maximum atomic E-state index is 13.1. The molecule has 2 aromatic rings. The molecule has 1 N–H and O–H groups in total. The molecule has 2 aliphatic rings. The molecular weight excluding hydrogens is 434 g/mol. The van der Waals surface area contributed by atoms with E-state index in [9.17, 15) is 18.0 Å². The Hall–Kier alpha value is -2.39. The van der Waals surface area contributed by atoms with Gasteiger partial charge in [-0.2, -0.15) is 0 Å². The molecule has 1 unspecified atom stereocenters. The highest BCUT2D eigenvalue weighted by Crippen LogP contribution is 2.26. The Morgan fingerprint density at radius 1 is 1.16 bits per heavy atom. The lowest BCUT2D eigenvalue weighted by Crippen LogP contribution is -2.49. The minimum absolute atomic E-state index is 0.0492. The van der Waals surface area contributed by atoms with Crippen LogP contribution in [0.2, 0.25) is 0 Å². The van der Waals surface area contributed by atoms with Crippen LogP contribution in [0.3, 0.4) is 0 Å². The summed E-state index contributed by atoms with van der Waals surface area (Å²) in [6.45, 7) is 3.71. The van der Waals surface area contributed by atoms with E-state index in [0.717, 1.165) is 12.8 Å². The second kappa shape index (κ2) is 9.00. The zero-order chi connectivity index (χ0) is 22.0. The van der Waals surface area contributed by atoms with Gasteiger partial charge in [0.05, 0.1) is 11.4 Å². The quantitative estimate of drug-likeness (QED) is 0.717. The Balaban J connectivity index is 1.43. The van der Waals surface area contributed by atoms with Crippen molar-refractivity contribution in [3.63, 3.8) is 0 Å². The summed E-state index contributed by atoms with van der Waals surface area (Å²) in [5, 5.41) is 4.95. The lowest BCUT2D eigenvalue weighted by Gasteiger charge is -2.31. The van der Waals surface area contributed by atoms with Crippen molar-refractivity contribution >= 4 is 38.9 Å². The van der Waals surface area contributed by atoms with E-state index in [1.165, 1.54) is 14.7 Å². The third-order valence-corrected chi connectivity index (χ3v) is 8.71. The number of benzene rings is 1. The van der Waals surface area contributed by atoms with Crippen molar-refractivity contribution in [1.29, 1.82) is 0 Å². The molecule has 4 rings (SSSR count). The molecule has 0 spiro atoms. The number of anilines is 1. The summed E-state index contributed by atoms with van der Waals surface area (Å²) in [6.07, 6.45) is 2.81. The van der Waals surface area contributed by atoms with E-state index >= 15 is 0 Å². The highest BCUT2D eigenvalue weighted by Gasteiger charge is 2.30. The molecule has 1 atom stereocenters. The van der Waals surface area contributed by atoms with Gasteiger partial charge in [0.1, 0.15) is 6.04 Å². The van der Waals surface area contributed by atoms with Crippen molar-refractivity contribution in [2.45, 2.75) is 45.2 Å². The van der Waals surface area contributed by atoms with E-state index in [-0.39, 0.29) is 17.6 Å². The van der Waals surface area contributed by atoms with Crippen LogP contribution in [0.15, 0.2) is 35.7 Å². The Morgan fingerprint density at radius 3 is 2.61 bits per heavy atom. The molecule has 1 aromatic carbocycles. The van der Waals surface area contributed by atoms with Gasteiger partial charge < -0.3 is 10.2 Å². The third kappa shape index (κ3) is 4.62. The number of carbonyl (C=O) groups is 2. The zero-order valence-electron chi connectivity index (χ0n) is 17.5. The van der Waals surface area contributed by atoms with Crippen LogP contribution in [0.5, 0.6) is 0 Å². The van der Waals surface area contributed by atoms with Crippen LogP contribution in [-0.2, 0) is 27.8 Å². The van der Waals surface area contributed by atoms with Gasteiger partial charge in [-0.25, -0.2) is 8.42 Å². The summed E-state index contributed by atoms with van der Waals surface area (Å²) < 4.78 is 25.6. The number of rotatable bonds is 6. The van der Waals surface area contributed by atoms with Crippen molar-refractivity contribution in [3.05, 3.63) is 51.7 Å². The summed E-state index contributed by atoms with van der Waals surface area (Å²) in [7, 11) is -3.26. The highest BCUT2D eigenvalue weighted by molar-refractivity contribution is 7.93. The number of fused-ring (bicyclic) bond motifs is 1. The Labute approximate surface area is 187 Å². The number of sulfonamides is 1. The molecule has 1 aromatic heterocycles. The number of nitrogens with zero attached hydrogens (tertiary/aromatic N) is 2. The van der Waals surface area contributed by atoms with Gasteiger partial charge in [-0.3, -0.25) is 13.9 Å². The van der Waals surface area contributed by atoms with Crippen LogP contribution >= 0.6 is 11.3 Å². The van der Waals surface area contributed by atoms with Gasteiger partial charge in [0.15, 0.2) is 0 Å². The molecule has 2 aliphatic heterocycles. The Bertz CT molecular complexity index is 1060. The lowest BCUT2D eigenvalue weighted by molar-refractivity contribution is -0.134. The Morgan fingerprint density at radius 2 is 1.94 bits per heavy atom. The van der Waals surface area contributed by atoms with Crippen LogP contribution in [0.25, 0.3) is 0 Å². The summed E-state index contributed by atoms with van der Waals surface area (Å²) in [5.41, 5.74) is 2.17. The summed E-state index contributed by atoms with van der Waals surface area (Å²) in [6, 6.07) is 8.02. The fourth-order valence-corrected chi connectivity index (χ4v) is 6.61. The van der Waals surface area contributed by atoms with Gasteiger partial charge in [-0.15, -0.1) is 11.3 Å². The first-order chi connectivity index (χ1) is 14.9. The summed E-state index contributed by atoms with van der Waals surface area (Å²) >= 11 is 1.73. The number of amides is 2. The molecule has 3 heterocycles. The first kappa shape index (κ1) is 21.8. The molecule has 7 nitrogen and oxygen atoms in total. The van der Waals surface area contributed by atoms with E-state index in [1.807, 2.05) is 11.8 Å². The van der Waals surface area contributed by atoms with Crippen molar-refractivity contribution in [1.82, 2.24) is 10.2 Å². The molecule has 166 valence electrons. The summed E-state index contributed by atoms with van der Waals surface area (Å²) in [4.78, 5) is 29.1.